The molecule has 3 heterocycles. The first kappa shape index (κ1) is 14.2. The Hall–Kier alpha value is -2.43. The van der Waals surface area contributed by atoms with Crippen LogP contribution in [0.4, 0.5) is 0 Å². The lowest BCUT2D eigenvalue weighted by molar-refractivity contribution is 0.0994. The van der Waals surface area contributed by atoms with Crippen molar-refractivity contribution in [1.29, 1.82) is 0 Å². The van der Waals surface area contributed by atoms with E-state index in [1.165, 1.54) is 22.3 Å². The van der Waals surface area contributed by atoms with Crippen LogP contribution in [0.15, 0.2) is 48.8 Å². The average molecular weight is 305 g/mol. The molecule has 3 aromatic rings. The molecule has 0 aliphatic carbocycles. The highest BCUT2D eigenvalue weighted by atomic mass is 16.1. The minimum atomic E-state index is 0.160. The van der Waals surface area contributed by atoms with E-state index >= 15 is 0 Å². The number of carbonyl (C=O) groups excluding carboxylic acids is 1. The summed E-state index contributed by atoms with van der Waals surface area (Å²) in [5.74, 6) is 0.160. The average Bonchev–Trinajstić information content (AvgIpc) is 2.93. The van der Waals surface area contributed by atoms with Gasteiger partial charge in [0.25, 0.3) is 0 Å². The second-order valence-corrected chi connectivity index (χ2v) is 5.95. The highest BCUT2D eigenvalue weighted by Crippen LogP contribution is 2.31. The van der Waals surface area contributed by atoms with Gasteiger partial charge in [0.15, 0.2) is 5.78 Å². The lowest BCUT2D eigenvalue weighted by atomic mass is 9.98. The maximum atomic E-state index is 12.2. The Morgan fingerprint density at radius 1 is 1.04 bits per heavy atom. The van der Waals surface area contributed by atoms with E-state index < -0.39 is 0 Å². The normalized spacial score (nSPS) is 14.2. The first-order valence-corrected chi connectivity index (χ1v) is 7.88. The van der Waals surface area contributed by atoms with Crippen LogP contribution in [-0.2, 0) is 13.1 Å². The molecule has 0 amide bonds. The molecule has 4 nitrogen and oxygen atoms in total. The maximum Gasteiger partial charge on any atom is 0.178 e. The van der Waals surface area contributed by atoms with E-state index in [1.807, 2.05) is 25.5 Å². The molecule has 1 aliphatic rings. The van der Waals surface area contributed by atoms with E-state index in [0.29, 0.717) is 13.1 Å². The number of aromatic nitrogens is 1. The topological polar surface area (TPSA) is 45.5 Å². The number of nitrogens with zero attached hydrogens (tertiary/aromatic N) is 1. The van der Waals surface area contributed by atoms with Crippen molar-refractivity contribution in [2.45, 2.75) is 13.1 Å². The molecule has 116 valence electrons. The number of benzene rings is 1. The van der Waals surface area contributed by atoms with Crippen molar-refractivity contribution in [3.05, 3.63) is 65.5 Å². The highest BCUT2D eigenvalue weighted by molar-refractivity contribution is 6.06. The minimum Gasteiger partial charge on any atom is -0.323 e. The predicted molar refractivity (Wildman–Crippen MR) is 91.6 cm³/mol. The van der Waals surface area contributed by atoms with Crippen LogP contribution in [0.3, 0.4) is 0 Å². The summed E-state index contributed by atoms with van der Waals surface area (Å²) in [5, 5.41) is 6.42. The third kappa shape index (κ3) is 2.36. The van der Waals surface area contributed by atoms with Crippen LogP contribution >= 0.6 is 0 Å². The lowest BCUT2D eigenvalue weighted by Gasteiger charge is -2.12. The molecule has 23 heavy (non-hydrogen) atoms. The lowest BCUT2D eigenvalue weighted by Crippen LogP contribution is -2.19. The van der Waals surface area contributed by atoms with Gasteiger partial charge in [-0.1, -0.05) is 24.3 Å². The summed E-state index contributed by atoms with van der Waals surface area (Å²) in [6.07, 6.45) is 4.01. The molecule has 0 bridgehead atoms. The van der Waals surface area contributed by atoms with E-state index in [-0.39, 0.29) is 5.78 Å². The molecule has 4 rings (SSSR count). The Kier molecular flexibility index (Phi) is 3.48. The minimum absolute atomic E-state index is 0.160. The maximum absolute atomic E-state index is 12.2. The van der Waals surface area contributed by atoms with Crippen molar-refractivity contribution in [2.24, 2.45) is 0 Å². The Labute approximate surface area is 135 Å². The number of carbonyl (C=O) groups is 1. The zero-order chi connectivity index (χ0) is 15.8. The standard InChI is InChI=1S/C19H19N3O/c1-20-10-13-2-4-14(5-3-13)15-6-8-22-9-7-16-18(23)12-21-11-17(15)19(16)22/h2-9,20-21H,10-12H2,1H3. The van der Waals surface area contributed by atoms with Crippen molar-refractivity contribution in [3.8, 4) is 11.1 Å². The quantitative estimate of drug-likeness (QED) is 0.782. The fourth-order valence-corrected chi connectivity index (χ4v) is 3.35. The van der Waals surface area contributed by atoms with E-state index in [4.69, 9.17) is 0 Å². The van der Waals surface area contributed by atoms with Crippen LogP contribution in [0.5, 0.6) is 0 Å². The molecule has 0 saturated heterocycles. The fourth-order valence-electron chi connectivity index (χ4n) is 3.35. The van der Waals surface area contributed by atoms with Crippen molar-refractivity contribution in [3.63, 3.8) is 0 Å². The summed E-state index contributed by atoms with van der Waals surface area (Å²) in [5.41, 5.74) is 6.69. The Balaban J connectivity index is 1.88. The zero-order valence-electron chi connectivity index (χ0n) is 13.1. The van der Waals surface area contributed by atoms with Gasteiger partial charge in [-0.15, -0.1) is 0 Å². The molecule has 2 aromatic heterocycles. The summed E-state index contributed by atoms with van der Waals surface area (Å²) in [6.45, 7) is 1.97. The monoisotopic (exact) mass is 305 g/mol. The number of hydrogen-bond acceptors (Lipinski definition) is 3. The molecule has 1 aromatic carbocycles. The number of nitrogens with one attached hydrogen (secondary N) is 2. The molecule has 0 unspecified atom stereocenters. The molecule has 0 radical (unpaired) electrons. The molecule has 0 atom stereocenters. The van der Waals surface area contributed by atoms with Gasteiger partial charge in [0.05, 0.1) is 12.1 Å². The summed E-state index contributed by atoms with van der Waals surface area (Å²) in [4.78, 5) is 12.2. The fraction of sp³-hybridized carbons (Fsp3) is 0.211. The molecule has 0 spiro atoms. The van der Waals surface area contributed by atoms with Gasteiger partial charge in [0.2, 0.25) is 0 Å². The van der Waals surface area contributed by atoms with E-state index in [0.717, 1.165) is 17.6 Å². The van der Waals surface area contributed by atoms with Crippen LogP contribution in [0, 0.1) is 0 Å². The summed E-state index contributed by atoms with van der Waals surface area (Å²) >= 11 is 0. The second-order valence-electron chi connectivity index (χ2n) is 5.95. The van der Waals surface area contributed by atoms with Gasteiger partial charge in [0.1, 0.15) is 0 Å². The molecular weight excluding hydrogens is 286 g/mol. The van der Waals surface area contributed by atoms with Gasteiger partial charge in [-0.3, -0.25) is 4.79 Å². The molecule has 4 heteroatoms. The van der Waals surface area contributed by atoms with Crippen molar-refractivity contribution in [1.82, 2.24) is 15.0 Å². The number of hydrogen-bond donors (Lipinski definition) is 2. The summed E-state index contributed by atoms with van der Waals surface area (Å²) in [6, 6.07) is 12.7. The first-order chi connectivity index (χ1) is 11.3. The van der Waals surface area contributed by atoms with Gasteiger partial charge in [0, 0.05) is 31.0 Å². The molecule has 0 fully saturated rings. The SMILES string of the molecule is CNCc1ccc(-c2ccn3ccc4c3c2CNCC4=O)cc1. The zero-order valence-corrected chi connectivity index (χ0v) is 13.1. The predicted octanol–water partition coefficient (Wildman–Crippen LogP) is 2.61. The van der Waals surface area contributed by atoms with Gasteiger partial charge in [-0.25, -0.2) is 0 Å². The number of Topliss-reactive ketones (excluding diaryl/α,β-unsaturated/α-hetero) is 1. The molecule has 2 N–H and O–H groups in total. The third-order valence-corrected chi connectivity index (χ3v) is 4.46. The van der Waals surface area contributed by atoms with E-state index in [2.05, 4.69) is 45.4 Å². The smallest absolute Gasteiger partial charge is 0.178 e. The summed E-state index contributed by atoms with van der Waals surface area (Å²) in [7, 11) is 1.95. The van der Waals surface area contributed by atoms with Crippen LogP contribution in [0.2, 0.25) is 0 Å². The van der Waals surface area contributed by atoms with Crippen LogP contribution in [-0.4, -0.2) is 23.8 Å². The Morgan fingerprint density at radius 2 is 1.78 bits per heavy atom. The van der Waals surface area contributed by atoms with Gasteiger partial charge >= 0.3 is 0 Å². The molecular formula is C19H19N3O. The third-order valence-electron chi connectivity index (χ3n) is 4.46. The number of rotatable bonds is 3. The van der Waals surface area contributed by atoms with Crippen molar-refractivity contribution < 1.29 is 4.79 Å². The van der Waals surface area contributed by atoms with Gasteiger partial charge < -0.3 is 15.0 Å². The number of pyridine rings is 1. The first-order valence-electron chi connectivity index (χ1n) is 7.88. The van der Waals surface area contributed by atoms with Crippen LogP contribution < -0.4 is 10.6 Å². The van der Waals surface area contributed by atoms with Gasteiger partial charge in [-0.05, 0) is 41.4 Å². The van der Waals surface area contributed by atoms with E-state index in [1.54, 1.807) is 0 Å². The second kappa shape index (κ2) is 5.65. The largest absolute Gasteiger partial charge is 0.323 e. The number of ketones is 1. The van der Waals surface area contributed by atoms with Gasteiger partial charge in [-0.2, -0.15) is 0 Å². The van der Waals surface area contributed by atoms with E-state index in [9.17, 15) is 4.79 Å². The van der Waals surface area contributed by atoms with Crippen molar-refractivity contribution in [2.75, 3.05) is 13.6 Å². The highest BCUT2D eigenvalue weighted by Gasteiger charge is 2.20. The Morgan fingerprint density at radius 3 is 2.52 bits per heavy atom. The molecule has 1 aliphatic heterocycles. The Bertz CT molecular complexity index is 878. The van der Waals surface area contributed by atoms with Crippen molar-refractivity contribution >= 4 is 11.3 Å². The molecule has 0 saturated carbocycles. The van der Waals surface area contributed by atoms with Crippen LogP contribution in [0.25, 0.3) is 16.6 Å². The van der Waals surface area contributed by atoms with Crippen LogP contribution in [0.1, 0.15) is 21.5 Å². The summed E-state index contributed by atoms with van der Waals surface area (Å²) < 4.78 is 2.05.